The van der Waals surface area contributed by atoms with Gasteiger partial charge in [-0.2, -0.15) is 0 Å². The van der Waals surface area contributed by atoms with Gasteiger partial charge in [0.1, 0.15) is 6.10 Å². The molecule has 0 aromatic carbocycles. The van der Waals surface area contributed by atoms with Crippen LogP contribution in [-0.4, -0.2) is 98.4 Å². The van der Waals surface area contributed by atoms with Crippen molar-refractivity contribution in [1.82, 2.24) is 10.2 Å². The van der Waals surface area contributed by atoms with Crippen LogP contribution in [0.5, 0.6) is 0 Å². The van der Waals surface area contributed by atoms with Crippen molar-refractivity contribution in [3.63, 3.8) is 0 Å². The van der Waals surface area contributed by atoms with Gasteiger partial charge in [0.05, 0.1) is 32.3 Å². The van der Waals surface area contributed by atoms with E-state index in [4.69, 9.17) is 23.1 Å². The van der Waals surface area contributed by atoms with Crippen LogP contribution in [0.4, 0.5) is 4.79 Å². The molecular formula is C56H99N3O11. The van der Waals surface area contributed by atoms with Crippen LogP contribution in [-0.2, 0) is 38.2 Å². The zero-order chi connectivity index (χ0) is 53.9. The summed E-state index contributed by atoms with van der Waals surface area (Å²) < 4.78 is 29.1. The fourth-order valence-electron chi connectivity index (χ4n) is 12.2. The van der Waals surface area contributed by atoms with Crippen LogP contribution in [0, 0.1) is 51.8 Å². The van der Waals surface area contributed by atoms with Gasteiger partial charge in [0.2, 0.25) is 7.34 Å². The lowest BCUT2D eigenvalue weighted by Crippen LogP contribution is -2.51. The second-order valence-electron chi connectivity index (χ2n) is 22.0. The summed E-state index contributed by atoms with van der Waals surface area (Å²) in [5, 5.41) is 15.2. The number of aliphatic hydroxyl groups is 1. The van der Waals surface area contributed by atoms with Crippen molar-refractivity contribution in [1.29, 1.82) is 1.43 Å². The van der Waals surface area contributed by atoms with E-state index in [0.29, 0.717) is 44.3 Å². The molecule has 5 N–H and O–H groups in total. The molecule has 2 heterocycles. The molecule has 6 rings (SSSR count). The van der Waals surface area contributed by atoms with Gasteiger partial charge in [-0.3, -0.25) is 24.0 Å². The second kappa shape index (κ2) is 31.8. The molecule has 5 fully saturated rings. The minimum atomic E-state index is -1.05. The number of nitrogens with one attached hydrogen (secondary N) is 1. The van der Waals surface area contributed by atoms with E-state index in [-0.39, 0.29) is 62.7 Å². The monoisotopic (exact) mass is 993 g/mol. The number of carbonyl (C=O) groups is 6. The number of aliphatic carboxylic acids is 1. The zero-order valence-electron chi connectivity index (χ0n) is 47.2. The van der Waals surface area contributed by atoms with Crippen LogP contribution < -0.4 is 11.1 Å². The van der Waals surface area contributed by atoms with E-state index >= 15 is 0 Å². The number of carboxylic acid groups (broad SMARTS) is 1. The molecule has 70 heavy (non-hydrogen) atoms. The van der Waals surface area contributed by atoms with Gasteiger partial charge in [-0.15, -0.1) is 0 Å². The summed E-state index contributed by atoms with van der Waals surface area (Å²) in [6.45, 7) is 21.2. The Bertz CT molecular complexity index is 1670. The van der Waals surface area contributed by atoms with E-state index in [1.807, 2.05) is 11.8 Å². The molecule has 6 aliphatic rings. The Morgan fingerprint density at radius 1 is 0.914 bits per heavy atom. The summed E-state index contributed by atoms with van der Waals surface area (Å²) in [7, 11) is 1.29. The highest BCUT2D eigenvalue weighted by Gasteiger charge is 2.59. The Morgan fingerprint density at radius 2 is 1.57 bits per heavy atom. The lowest BCUT2D eigenvalue weighted by atomic mass is 9.47. The molecule has 0 unspecified atom stereocenters. The summed E-state index contributed by atoms with van der Waals surface area (Å²) in [4.78, 5) is 70.1. The van der Waals surface area contributed by atoms with E-state index in [0.717, 1.165) is 80.6 Å². The maximum Gasteiger partial charge on any atom is 0.407 e. The number of ether oxygens (including phenoxy) is 3. The fourth-order valence-corrected chi connectivity index (χ4v) is 12.2. The molecule has 8 atom stereocenters. The number of hydrogen-bond acceptors (Lipinski definition) is 11. The van der Waals surface area contributed by atoms with Crippen LogP contribution in [0.1, 0.15) is 211 Å². The Kier molecular flexibility index (Phi) is 26.9. The van der Waals surface area contributed by atoms with Crippen molar-refractivity contribution in [3.05, 3.63) is 11.6 Å². The number of nitrogens with two attached hydrogens (primary N) is 1. The Morgan fingerprint density at radius 3 is 2.14 bits per heavy atom. The second-order valence-corrected chi connectivity index (χ2v) is 22.0. The van der Waals surface area contributed by atoms with Crippen molar-refractivity contribution in [3.8, 4) is 0 Å². The highest BCUT2D eigenvalue weighted by atomic mass is 16.6. The molecule has 14 heteroatoms. The molecule has 0 radical (unpaired) electrons. The van der Waals surface area contributed by atoms with Gasteiger partial charge in [-0.05, 0) is 124 Å². The minimum absolute atomic E-state index is 0.0628. The number of alkyl carbamates (subject to hydrolysis) is 1. The summed E-state index contributed by atoms with van der Waals surface area (Å²) in [5.41, 5.74) is 6.62. The molecule has 2 aliphatic heterocycles. The quantitative estimate of drug-likeness (QED) is 0.0332. The minimum Gasteiger partial charge on any atom is -0.481 e. The predicted molar refractivity (Wildman–Crippen MR) is 275 cm³/mol. The first-order valence-corrected chi connectivity index (χ1v) is 27.2. The standard InChI is InChI=1S/C45H74N2O7.C4H4O3.C4H10.C2H7N.CH4O/c1-31(2)11-10-12-32(3)36-16-17-37-35-15-14-33-29-34(20-22-44(33,5)38(35)21-23-45(36,37)6)54-42(52)46-26-9-7-8-13-39(48)47-27-24-43(4,25-28-47)30-53-41(51)19-18-40(49)50;5-3-1-2-4(6)7-3;1-3-4-2;1-2-3;1-2/h14,31-32,34-38H,7-13,15-30H2,1-6H3,(H,46,52)(H,49,50);1-2H2;3-4H2,1-2H3;2-3H2,1H3;2H,1H3/t32-,34+,35+,36-,37+,38+,44+,45-;;;;/m1..../s1/i4D;;;;2T. The number of nitrogens with zero attached hydrogens (tertiary/aromatic N) is 1. The molecule has 14 nitrogen and oxygen atoms in total. The first kappa shape index (κ1) is 59.0. The van der Waals surface area contributed by atoms with Crippen molar-refractivity contribution in [2.45, 2.75) is 216 Å². The Balaban J connectivity index is 0.000000896. The lowest BCUT2D eigenvalue weighted by Gasteiger charge is -2.58. The number of amides is 2. The summed E-state index contributed by atoms with van der Waals surface area (Å²) in [6.07, 6.45) is 22.6. The molecule has 4 aliphatic carbocycles. The van der Waals surface area contributed by atoms with Gasteiger partial charge >= 0.3 is 30.0 Å². The third kappa shape index (κ3) is 19.8. The van der Waals surface area contributed by atoms with Crippen LogP contribution in [0.25, 0.3) is 0 Å². The number of piperidine rings is 1. The van der Waals surface area contributed by atoms with Crippen LogP contribution in [0.3, 0.4) is 0 Å². The molecule has 0 bridgehead atoms. The molecule has 0 aromatic rings. The van der Waals surface area contributed by atoms with E-state index in [1.54, 1.807) is 0 Å². The van der Waals surface area contributed by atoms with E-state index < -0.39 is 29.3 Å². The number of carbonyl (C=O) groups excluding carboxylic acids is 5. The van der Waals surface area contributed by atoms with Gasteiger partial charge in [-0.25, -0.2) is 4.79 Å². The molecule has 2 amide bonds. The third-order valence-electron chi connectivity index (χ3n) is 16.4. The number of unbranched alkanes of at least 4 members (excludes halogenated alkanes) is 3. The number of cyclic esters (lactones) is 2. The normalized spacial score (nSPS) is 27.9. The summed E-state index contributed by atoms with van der Waals surface area (Å²) in [6, 6.07) is 0. The molecule has 2 saturated heterocycles. The SMILES string of the molecule is CCCC.CCN.O=C1CCC(=O)O1.[2H]CC1(COC(=O)CCC(=O)O)CCN(C(=O)CCCCCNC(=O)O[C@H]2CC[C@@]3(C)C(=CC[C@H]4[C@@H]5CC[C@H]([C@H](C)CCCC(C)C)[C@@]5(C)CC[C@@H]43)C2)CC1.[3H]OC. The first-order chi connectivity index (χ1) is 34.2. The lowest BCUT2D eigenvalue weighted by molar-refractivity contribution is -0.152. The van der Waals surface area contributed by atoms with Crippen molar-refractivity contribution < 1.29 is 54.6 Å². The predicted octanol–water partition coefficient (Wildman–Crippen LogP) is 10.9. The summed E-state index contributed by atoms with van der Waals surface area (Å²) >= 11 is 0. The Hall–Kier alpha value is -3.52. The van der Waals surface area contributed by atoms with Crippen molar-refractivity contribution >= 4 is 35.9 Å². The molecular weight excluding hydrogens is 891 g/mol. The van der Waals surface area contributed by atoms with Crippen LogP contribution >= 0.6 is 0 Å². The summed E-state index contributed by atoms with van der Waals surface area (Å²) in [5.74, 6) is 2.59. The average Bonchev–Trinajstić information content (AvgIpc) is 3.92. The van der Waals surface area contributed by atoms with Crippen molar-refractivity contribution in [2.75, 3.05) is 39.9 Å². The molecule has 0 aromatic heterocycles. The van der Waals surface area contributed by atoms with E-state index in [9.17, 15) is 28.8 Å². The van der Waals surface area contributed by atoms with Crippen molar-refractivity contribution in [2.24, 2.45) is 57.5 Å². The molecule has 0 spiro atoms. The van der Waals surface area contributed by atoms with Crippen LogP contribution in [0.2, 0.25) is 0 Å². The van der Waals surface area contributed by atoms with Crippen LogP contribution in [0.15, 0.2) is 11.6 Å². The number of esters is 3. The zero-order valence-corrected chi connectivity index (χ0v) is 45.2. The smallest absolute Gasteiger partial charge is 0.407 e. The largest absolute Gasteiger partial charge is 0.481 e. The number of carboxylic acids is 1. The van der Waals surface area contributed by atoms with Gasteiger partial charge in [-0.1, -0.05) is 112 Å². The average molecular weight is 993 g/mol. The maximum absolute atomic E-state index is 12.9. The number of likely N-dealkylation sites (tertiary alicyclic amines) is 1. The number of fused-ring (bicyclic) bond motifs is 5. The first-order valence-electron chi connectivity index (χ1n) is 28.4. The van der Waals surface area contributed by atoms with Gasteiger partial charge in [0.25, 0.3) is 0 Å². The maximum atomic E-state index is 12.9. The van der Waals surface area contributed by atoms with Gasteiger partial charge in [0.15, 0.2) is 0 Å². The molecule has 3 saturated carbocycles. The topological polar surface area (TPSA) is 212 Å². The number of allylic oxidation sites excluding steroid dienone is 1. The molecule has 404 valence electrons. The third-order valence-corrected chi connectivity index (χ3v) is 16.4. The number of aliphatic hydroxyl groups excluding tert-OH is 1. The highest BCUT2D eigenvalue weighted by Crippen LogP contribution is 2.67. The fraction of sp³-hybridized carbons (Fsp3) is 0.857. The highest BCUT2D eigenvalue weighted by molar-refractivity contribution is 5.92. The van der Waals surface area contributed by atoms with Gasteiger partial charge < -0.3 is 40.4 Å². The van der Waals surface area contributed by atoms with E-state index in [1.165, 1.54) is 76.9 Å². The Labute approximate surface area is 426 Å². The van der Waals surface area contributed by atoms with Gasteiger partial charge in [0, 0.05) is 46.4 Å². The number of hydrogen-bond donors (Lipinski definition) is 4. The number of rotatable bonds is 18. The van der Waals surface area contributed by atoms with E-state index in [2.05, 4.69) is 69.7 Å².